The number of ketones is 1. The van der Waals surface area contributed by atoms with Crippen LogP contribution in [-0.4, -0.2) is 12.9 Å². The molecule has 0 radical (unpaired) electrons. The minimum absolute atomic E-state index is 0.0152. The second kappa shape index (κ2) is 11.0. The van der Waals surface area contributed by atoms with Crippen LogP contribution in [0.15, 0.2) is 48.5 Å². The van der Waals surface area contributed by atoms with Crippen molar-refractivity contribution in [1.82, 2.24) is 0 Å². The van der Waals surface area contributed by atoms with Crippen molar-refractivity contribution in [3.8, 4) is 16.9 Å². The first-order valence-electron chi connectivity index (χ1n) is 14.2. The van der Waals surface area contributed by atoms with E-state index in [4.69, 9.17) is 4.74 Å². The summed E-state index contributed by atoms with van der Waals surface area (Å²) in [6.07, 6.45) is 12.5. The summed E-state index contributed by atoms with van der Waals surface area (Å²) in [5.74, 6) is 1.08. The van der Waals surface area contributed by atoms with Gasteiger partial charge in [0, 0.05) is 31.2 Å². The number of Topliss-reactive ketones (excluding diaryl/α,β-unsaturated/α-hetero) is 1. The summed E-state index contributed by atoms with van der Waals surface area (Å²) in [5, 5.41) is 2.52. The predicted octanol–water partition coefficient (Wildman–Crippen LogP) is 10.5. The van der Waals surface area contributed by atoms with Gasteiger partial charge in [-0.2, -0.15) is 0 Å². The van der Waals surface area contributed by atoms with Crippen LogP contribution in [0.4, 0.5) is 0 Å². The van der Waals surface area contributed by atoms with Crippen molar-refractivity contribution >= 4 is 37.3 Å². The van der Waals surface area contributed by atoms with E-state index >= 15 is 0 Å². The Labute approximate surface area is 226 Å². The maximum absolute atomic E-state index is 12.2. The van der Waals surface area contributed by atoms with Crippen molar-refractivity contribution in [3.05, 3.63) is 65.2 Å². The van der Waals surface area contributed by atoms with Crippen LogP contribution < -0.4 is 4.74 Å². The SMILES string of the molecule is CCCCCCC1(CCCCCC)c2cc(OC)ccc2-c2cc3sc4ccc(C(C)=O)cc4c3cc21. The lowest BCUT2D eigenvalue weighted by Gasteiger charge is -2.33. The molecule has 1 aliphatic rings. The number of carbonyl (C=O) groups excluding carboxylic acids is 1. The summed E-state index contributed by atoms with van der Waals surface area (Å²) in [7, 11) is 1.78. The van der Waals surface area contributed by atoms with Gasteiger partial charge in [-0.25, -0.2) is 0 Å². The quantitative estimate of drug-likeness (QED) is 0.139. The lowest BCUT2D eigenvalue weighted by Crippen LogP contribution is -2.25. The second-order valence-electron chi connectivity index (χ2n) is 10.9. The van der Waals surface area contributed by atoms with Gasteiger partial charge in [0.15, 0.2) is 5.78 Å². The van der Waals surface area contributed by atoms with Crippen LogP contribution in [0.2, 0.25) is 0 Å². The summed E-state index contributed by atoms with van der Waals surface area (Å²) >= 11 is 1.84. The standard InChI is InChI=1S/C34H40O2S/c1-5-7-9-11-17-34(18-12-10-8-6-2)30-20-25(36-4)14-15-26(30)27-22-33-29(21-31(27)34)28-19-24(23(3)35)13-16-32(28)37-33/h13-16,19-22H,5-12,17-18H2,1-4H3. The van der Waals surface area contributed by atoms with Crippen LogP contribution in [0.1, 0.15) is 106 Å². The number of thiophene rings is 1. The molecule has 0 fully saturated rings. The average Bonchev–Trinajstić information content (AvgIpc) is 3.40. The molecule has 0 amide bonds. The topological polar surface area (TPSA) is 26.3 Å². The molecule has 4 aromatic rings. The third kappa shape index (κ3) is 4.72. The Morgan fingerprint density at radius 1 is 0.757 bits per heavy atom. The maximum atomic E-state index is 12.2. The van der Waals surface area contributed by atoms with Gasteiger partial charge < -0.3 is 4.74 Å². The third-order valence-electron chi connectivity index (χ3n) is 8.48. The van der Waals surface area contributed by atoms with Crippen molar-refractivity contribution in [3.63, 3.8) is 0 Å². The van der Waals surface area contributed by atoms with Crippen LogP contribution in [0.25, 0.3) is 31.3 Å². The van der Waals surface area contributed by atoms with E-state index in [9.17, 15) is 4.79 Å². The number of ether oxygens (including phenoxy) is 1. The van der Waals surface area contributed by atoms with E-state index in [1.807, 2.05) is 17.4 Å². The monoisotopic (exact) mass is 512 g/mol. The molecule has 0 atom stereocenters. The molecular formula is C34H40O2S. The smallest absolute Gasteiger partial charge is 0.159 e. The molecule has 0 N–H and O–H groups in total. The Balaban J connectivity index is 1.72. The van der Waals surface area contributed by atoms with Gasteiger partial charge in [0.05, 0.1) is 7.11 Å². The molecule has 0 aliphatic heterocycles. The second-order valence-corrected chi connectivity index (χ2v) is 12.0. The zero-order chi connectivity index (χ0) is 26.0. The highest BCUT2D eigenvalue weighted by Gasteiger charge is 2.43. The van der Waals surface area contributed by atoms with Crippen LogP contribution >= 0.6 is 11.3 Å². The molecule has 0 saturated carbocycles. The average molecular weight is 513 g/mol. The summed E-state index contributed by atoms with van der Waals surface area (Å²) in [5.41, 5.74) is 6.54. The zero-order valence-corrected chi connectivity index (χ0v) is 23.7. The minimum Gasteiger partial charge on any atom is -0.497 e. The summed E-state index contributed by atoms with van der Waals surface area (Å²) in [4.78, 5) is 12.2. The molecule has 1 aliphatic carbocycles. The van der Waals surface area contributed by atoms with Crippen molar-refractivity contribution < 1.29 is 9.53 Å². The number of rotatable bonds is 12. The summed E-state index contributed by atoms with van der Waals surface area (Å²) < 4.78 is 8.31. The molecule has 3 heteroatoms. The predicted molar refractivity (Wildman–Crippen MR) is 160 cm³/mol. The summed E-state index contributed by atoms with van der Waals surface area (Å²) in [6, 6.07) is 17.9. The van der Waals surface area contributed by atoms with Crippen LogP contribution in [0.3, 0.4) is 0 Å². The van der Waals surface area contributed by atoms with Gasteiger partial charge >= 0.3 is 0 Å². The number of hydrogen-bond donors (Lipinski definition) is 0. The van der Waals surface area contributed by atoms with Gasteiger partial charge in [0.25, 0.3) is 0 Å². The molecule has 0 spiro atoms. The van der Waals surface area contributed by atoms with Crippen molar-refractivity contribution in [2.75, 3.05) is 7.11 Å². The molecule has 1 aromatic heterocycles. The first-order valence-corrected chi connectivity index (χ1v) is 15.0. The molecule has 2 nitrogen and oxygen atoms in total. The largest absolute Gasteiger partial charge is 0.497 e. The Morgan fingerprint density at radius 2 is 1.43 bits per heavy atom. The van der Waals surface area contributed by atoms with E-state index in [2.05, 4.69) is 56.3 Å². The van der Waals surface area contributed by atoms with Crippen molar-refractivity contribution in [2.45, 2.75) is 90.4 Å². The Morgan fingerprint density at radius 3 is 2.08 bits per heavy atom. The van der Waals surface area contributed by atoms with Gasteiger partial charge in [-0.3, -0.25) is 4.79 Å². The molecule has 0 saturated heterocycles. The number of benzene rings is 3. The van der Waals surface area contributed by atoms with Crippen LogP contribution in [0.5, 0.6) is 5.75 Å². The van der Waals surface area contributed by atoms with E-state index in [0.29, 0.717) is 0 Å². The first kappa shape index (κ1) is 26.0. The van der Waals surface area contributed by atoms with Gasteiger partial charge in [0.2, 0.25) is 0 Å². The highest BCUT2D eigenvalue weighted by Crippen LogP contribution is 2.56. The molecule has 37 heavy (non-hydrogen) atoms. The molecule has 0 bridgehead atoms. The van der Waals surface area contributed by atoms with Gasteiger partial charge in [0.1, 0.15) is 5.75 Å². The Hall–Kier alpha value is -2.65. The molecule has 194 valence electrons. The zero-order valence-electron chi connectivity index (χ0n) is 22.9. The fourth-order valence-electron chi connectivity index (χ4n) is 6.46. The van der Waals surface area contributed by atoms with Crippen molar-refractivity contribution in [1.29, 1.82) is 0 Å². The van der Waals surface area contributed by atoms with E-state index < -0.39 is 0 Å². The minimum atomic E-state index is 0.0152. The van der Waals surface area contributed by atoms with E-state index in [-0.39, 0.29) is 11.2 Å². The number of carbonyl (C=O) groups is 1. The van der Waals surface area contributed by atoms with Gasteiger partial charge in [-0.15, -0.1) is 11.3 Å². The van der Waals surface area contributed by atoms with Crippen molar-refractivity contribution in [2.24, 2.45) is 0 Å². The lowest BCUT2D eigenvalue weighted by molar-refractivity contribution is 0.101. The number of hydrogen-bond acceptors (Lipinski definition) is 3. The fourth-order valence-corrected chi connectivity index (χ4v) is 7.56. The Bertz CT molecular complexity index is 1420. The number of unbranched alkanes of at least 4 members (excludes halogenated alkanes) is 6. The number of methoxy groups -OCH3 is 1. The maximum Gasteiger partial charge on any atom is 0.159 e. The molecule has 1 heterocycles. The van der Waals surface area contributed by atoms with E-state index in [0.717, 1.165) is 11.3 Å². The molecular weight excluding hydrogens is 472 g/mol. The highest BCUT2D eigenvalue weighted by molar-refractivity contribution is 7.25. The van der Waals surface area contributed by atoms with E-state index in [1.54, 1.807) is 14.0 Å². The fraction of sp³-hybridized carbons (Fsp3) is 0.441. The molecule has 3 aromatic carbocycles. The van der Waals surface area contributed by atoms with Gasteiger partial charge in [-0.1, -0.05) is 71.3 Å². The molecule has 5 rings (SSSR count). The molecule has 0 unspecified atom stereocenters. The lowest BCUT2D eigenvalue weighted by atomic mass is 9.70. The third-order valence-corrected chi connectivity index (χ3v) is 9.61. The summed E-state index contributed by atoms with van der Waals surface area (Å²) in [6.45, 7) is 6.24. The van der Waals surface area contributed by atoms with Crippen LogP contribution in [0, 0.1) is 0 Å². The highest BCUT2D eigenvalue weighted by atomic mass is 32.1. The normalized spacial score (nSPS) is 13.7. The first-order chi connectivity index (χ1) is 18.0. The number of fused-ring (bicyclic) bond motifs is 6. The van der Waals surface area contributed by atoms with Gasteiger partial charge in [-0.05, 0) is 84.5 Å². The van der Waals surface area contributed by atoms with Crippen LogP contribution in [-0.2, 0) is 5.41 Å². The Kier molecular flexibility index (Phi) is 7.72. The van der Waals surface area contributed by atoms with E-state index in [1.165, 1.54) is 107 Å².